The van der Waals surface area contributed by atoms with Crippen LogP contribution in [0, 0.1) is 18.8 Å². The van der Waals surface area contributed by atoms with E-state index in [-0.39, 0.29) is 6.42 Å². The van der Waals surface area contributed by atoms with Gasteiger partial charge in [-0.3, -0.25) is 4.79 Å². The van der Waals surface area contributed by atoms with Crippen LogP contribution in [-0.2, 0) is 11.3 Å². The molecular weight excluding hydrogens is 369 g/mol. The molecule has 26 heavy (non-hydrogen) atoms. The van der Waals surface area contributed by atoms with Gasteiger partial charge < -0.3 is 10.4 Å². The summed E-state index contributed by atoms with van der Waals surface area (Å²) < 4.78 is 0. The van der Waals surface area contributed by atoms with E-state index in [1.54, 1.807) is 6.07 Å². The minimum Gasteiger partial charge on any atom is -0.481 e. The summed E-state index contributed by atoms with van der Waals surface area (Å²) in [6.45, 7) is 3.69. The molecule has 2 rings (SSSR count). The highest BCUT2D eigenvalue weighted by Crippen LogP contribution is 2.28. The van der Waals surface area contributed by atoms with Crippen molar-refractivity contribution in [2.45, 2.75) is 45.6 Å². The van der Waals surface area contributed by atoms with Crippen LogP contribution in [-0.4, -0.2) is 17.6 Å². The third-order valence-electron chi connectivity index (χ3n) is 4.86. The Labute approximate surface area is 166 Å². The second-order valence-electron chi connectivity index (χ2n) is 6.89. The predicted molar refractivity (Wildman–Crippen MR) is 109 cm³/mol. The van der Waals surface area contributed by atoms with Crippen LogP contribution in [0.25, 0.3) is 0 Å². The lowest BCUT2D eigenvalue weighted by Gasteiger charge is -2.26. The fourth-order valence-corrected chi connectivity index (χ4v) is 4.00. The molecule has 142 valence electrons. The average molecular weight is 396 g/mol. The van der Waals surface area contributed by atoms with Crippen molar-refractivity contribution in [1.29, 1.82) is 0 Å². The molecule has 0 bridgehead atoms. The number of hydrogen-bond acceptors (Lipinski definition) is 2. The van der Waals surface area contributed by atoms with Crippen molar-refractivity contribution in [3.63, 3.8) is 0 Å². The van der Waals surface area contributed by atoms with Gasteiger partial charge in [0.15, 0.2) is 0 Å². The van der Waals surface area contributed by atoms with Crippen LogP contribution in [0.15, 0.2) is 36.4 Å². The van der Waals surface area contributed by atoms with Gasteiger partial charge in [-0.1, -0.05) is 47.5 Å². The van der Waals surface area contributed by atoms with Gasteiger partial charge >= 0.3 is 5.97 Å². The third kappa shape index (κ3) is 6.79. The maximum Gasteiger partial charge on any atom is 0.303 e. The molecule has 0 radical (unpaired) electrons. The van der Waals surface area contributed by atoms with Crippen LogP contribution in [0.2, 0.25) is 10.0 Å². The van der Waals surface area contributed by atoms with Crippen molar-refractivity contribution in [2.24, 2.45) is 11.8 Å². The van der Waals surface area contributed by atoms with Gasteiger partial charge in [0.25, 0.3) is 0 Å². The van der Waals surface area contributed by atoms with Crippen molar-refractivity contribution in [2.75, 3.05) is 6.54 Å². The summed E-state index contributed by atoms with van der Waals surface area (Å²) in [5.41, 5.74) is 2.21. The Morgan fingerprint density at radius 1 is 1.31 bits per heavy atom. The predicted octanol–water partition coefficient (Wildman–Crippen LogP) is 5.78. The van der Waals surface area contributed by atoms with Gasteiger partial charge in [0.1, 0.15) is 0 Å². The van der Waals surface area contributed by atoms with Crippen molar-refractivity contribution in [1.82, 2.24) is 5.32 Å². The first-order chi connectivity index (χ1) is 12.5. The molecule has 0 aliphatic heterocycles. The van der Waals surface area contributed by atoms with E-state index in [4.69, 9.17) is 28.3 Å². The second kappa shape index (κ2) is 10.8. The normalized spacial score (nSPS) is 20.0. The highest BCUT2D eigenvalue weighted by atomic mass is 35.5. The number of aryl methyl sites for hydroxylation is 1. The van der Waals surface area contributed by atoms with Crippen molar-refractivity contribution >= 4 is 29.2 Å². The van der Waals surface area contributed by atoms with Gasteiger partial charge in [0, 0.05) is 23.0 Å². The van der Waals surface area contributed by atoms with Gasteiger partial charge in [0.05, 0.1) is 0 Å². The van der Waals surface area contributed by atoms with E-state index in [2.05, 4.69) is 29.6 Å². The lowest BCUT2D eigenvalue weighted by atomic mass is 9.82. The van der Waals surface area contributed by atoms with E-state index in [0.29, 0.717) is 28.3 Å². The quantitative estimate of drug-likeness (QED) is 0.411. The van der Waals surface area contributed by atoms with Gasteiger partial charge in [-0.2, -0.15) is 0 Å². The molecule has 0 fully saturated rings. The first-order valence-electron chi connectivity index (χ1n) is 9.16. The average Bonchev–Trinajstić information content (AvgIpc) is 2.57. The summed E-state index contributed by atoms with van der Waals surface area (Å²) >= 11 is 12.3. The van der Waals surface area contributed by atoms with E-state index < -0.39 is 5.97 Å². The molecule has 3 nitrogen and oxygen atoms in total. The van der Waals surface area contributed by atoms with Gasteiger partial charge in [-0.05, 0) is 74.2 Å². The standard InChI is InChI=1S/C21H27Cl2NO2/c1-15-11-18(22)12-20(23)19(15)14-24-13-17-9-6-5-8-16(17)7-3-2-4-10-21(25)26/h3,5-7,11-12,16-17,24H,2,4,8-10,13-14H2,1H3,(H,25,26)/b7-3-/t16-,17+/m0/s1. The van der Waals surface area contributed by atoms with Crippen molar-refractivity contribution in [3.8, 4) is 0 Å². The largest absolute Gasteiger partial charge is 0.481 e. The monoisotopic (exact) mass is 395 g/mol. The molecule has 5 heteroatoms. The molecule has 0 unspecified atom stereocenters. The number of rotatable bonds is 9. The summed E-state index contributed by atoms with van der Waals surface area (Å²) in [4.78, 5) is 10.6. The Kier molecular flexibility index (Phi) is 8.70. The number of carboxylic acid groups (broad SMARTS) is 1. The molecule has 0 aromatic heterocycles. The SMILES string of the molecule is Cc1cc(Cl)cc(Cl)c1CNC[C@H]1CC=CC[C@@H]1/C=C\CCCC(=O)O. The molecule has 1 aliphatic rings. The fourth-order valence-electron chi connectivity index (χ4n) is 3.34. The molecule has 0 saturated heterocycles. The van der Waals surface area contributed by atoms with Crippen LogP contribution >= 0.6 is 23.2 Å². The molecule has 0 saturated carbocycles. The number of benzene rings is 1. The van der Waals surface area contributed by atoms with E-state index >= 15 is 0 Å². The highest BCUT2D eigenvalue weighted by Gasteiger charge is 2.20. The van der Waals surface area contributed by atoms with Crippen LogP contribution in [0.5, 0.6) is 0 Å². The molecule has 0 spiro atoms. The Bertz CT molecular complexity index is 647. The Balaban J connectivity index is 1.84. The summed E-state index contributed by atoms with van der Waals surface area (Å²) in [6, 6.07) is 3.73. The molecule has 0 heterocycles. The van der Waals surface area contributed by atoms with Gasteiger partial charge in [-0.15, -0.1) is 0 Å². The fraction of sp³-hybridized carbons (Fsp3) is 0.476. The Morgan fingerprint density at radius 3 is 2.81 bits per heavy atom. The van der Waals surface area contributed by atoms with Crippen LogP contribution in [0.3, 0.4) is 0 Å². The van der Waals surface area contributed by atoms with Gasteiger partial charge in [-0.25, -0.2) is 0 Å². The zero-order valence-electron chi connectivity index (χ0n) is 15.2. The maximum atomic E-state index is 10.6. The Morgan fingerprint density at radius 2 is 2.08 bits per heavy atom. The minimum atomic E-state index is -0.725. The molecule has 2 atom stereocenters. The Hall–Kier alpha value is -1.29. The van der Waals surface area contributed by atoms with Crippen LogP contribution in [0.1, 0.15) is 43.2 Å². The number of carbonyl (C=O) groups is 1. The van der Waals surface area contributed by atoms with E-state index in [0.717, 1.165) is 43.5 Å². The number of halogens is 2. The molecular formula is C21H27Cl2NO2. The van der Waals surface area contributed by atoms with Crippen molar-refractivity contribution in [3.05, 3.63) is 57.6 Å². The van der Waals surface area contributed by atoms with Gasteiger partial charge in [0.2, 0.25) is 0 Å². The molecule has 2 N–H and O–H groups in total. The van der Waals surface area contributed by atoms with Crippen LogP contribution < -0.4 is 5.32 Å². The number of aliphatic carboxylic acids is 1. The summed E-state index contributed by atoms with van der Waals surface area (Å²) in [7, 11) is 0. The molecule has 1 aromatic rings. The first-order valence-corrected chi connectivity index (χ1v) is 9.91. The van der Waals surface area contributed by atoms with E-state index in [9.17, 15) is 4.79 Å². The lowest BCUT2D eigenvalue weighted by Crippen LogP contribution is -2.28. The summed E-state index contributed by atoms with van der Waals surface area (Å²) in [5, 5.41) is 13.6. The number of nitrogens with one attached hydrogen (secondary N) is 1. The van der Waals surface area contributed by atoms with E-state index in [1.165, 1.54) is 0 Å². The van der Waals surface area contributed by atoms with E-state index in [1.807, 2.05) is 13.0 Å². The zero-order valence-corrected chi connectivity index (χ0v) is 16.7. The molecule has 1 aromatic carbocycles. The summed E-state index contributed by atoms with van der Waals surface area (Å²) in [6.07, 6.45) is 12.8. The minimum absolute atomic E-state index is 0.237. The lowest BCUT2D eigenvalue weighted by molar-refractivity contribution is -0.137. The van der Waals surface area contributed by atoms with Crippen LogP contribution in [0.4, 0.5) is 0 Å². The number of carboxylic acids is 1. The smallest absolute Gasteiger partial charge is 0.303 e. The number of unbranched alkanes of at least 4 members (excludes halogenated alkanes) is 1. The third-order valence-corrected chi connectivity index (χ3v) is 5.41. The molecule has 1 aliphatic carbocycles. The molecule has 0 amide bonds. The zero-order chi connectivity index (χ0) is 18.9. The number of allylic oxidation sites excluding steroid dienone is 4. The maximum absolute atomic E-state index is 10.6. The first kappa shape index (κ1) is 21.0. The highest BCUT2D eigenvalue weighted by molar-refractivity contribution is 6.35. The topological polar surface area (TPSA) is 49.3 Å². The summed E-state index contributed by atoms with van der Waals surface area (Å²) in [5.74, 6) is 0.318. The number of hydrogen-bond donors (Lipinski definition) is 2. The van der Waals surface area contributed by atoms with Crippen molar-refractivity contribution < 1.29 is 9.90 Å². The second-order valence-corrected chi connectivity index (χ2v) is 7.74.